The molecule has 0 radical (unpaired) electrons. The zero-order chi connectivity index (χ0) is 23.4. The van der Waals surface area contributed by atoms with E-state index >= 15 is 4.39 Å². The normalized spacial score (nSPS) is 25.1. The van der Waals surface area contributed by atoms with E-state index in [1.807, 2.05) is 0 Å². The minimum Gasteiger partial charge on any atom is -0.420 e. The number of aryl methyl sites for hydroxylation is 1. The molecule has 2 saturated carbocycles. The van der Waals surface area contributed by atoms with Gasteiger partial charge in [-0.1, -0.05) is 30.7 Å². The molecule has 0 aromatic heterocycles. The molecule has 0 saturated heterocycles. The Labute approximate surface area is 196 Å². The first-order valence-electron chi connectivity index (χ1n) is 12.3. The van der Waals surface area contributed by atoms with Crippen molar-refractivity contribution in [3.63, 3.8) is 0 Å². The fourth-order valence-corrected chi connectivity index (χ4v) is 5.86. The molecule has 2 aromatic rings. The predicted molar refractivity (Wildman–Crippen MR) is 127 cm³/mol. The number of benzene rings is 2. The monoisotopic (exact) mass is 452 g/mol. The van der Waals surface area contributed by atoms with Crippen LogP contribution in [0.5, 0.6) is 5.75 Å². The number of carbonyl (C=O) groups is 1. The number of fused-ring (bicyclic) bond motifs is 1. The predicted octanol–water partition coefficient (Wildman–Crippen LogP) is 8.15. The lowest BCUT2D eigenvalue weighted by molar-refractivity contribution is 0.0727. The molecule has 33 heavy (non-hydrogen) atoms. The van der Waals surface area contributed by atoms with Gasteiger partial charge in [-0.15, -0.1) is 0 Å². The lowest BCUT2D eigenvalue weighted by Crippen LogP contribution is -2.30. The van der Waals surface area contributed by atoms with Gasteiger partial charge in [-0.05, 0) is 118 Å². The summed E-state index contributed by atoms with van der Waals surface area (Å²) >= 11 is 0. The Hall–Kier alpha value is -2.49. The van der Waals surface area contributed by atoms with Crippen molar-refractivity contribution in [2.24, 2.45) is 17.8 Å². The van der Waals surface area contributed by atoms with E-state index in [4.69, 9.17) is 4.74 Å². The number of carbonyl (C=O) groups excluding carboxylic acids is 1. The minimum absolute atomic E-state index is 0.103. The Morgan fingerprint density at radius 1 is 1.00 bits per heavy atom. The molecule has 0 aliphatic heterocycles. The molecule has 2 nitrogen and oxygen atoms in total. The molecule has 176 valence electrons. The van der Waals surface area contributed by atoms with E-state index in [-0.39, 0.29) is 23.0 Å². The van der Waals surface area contributed by atoms with Gasteiger partial charge in [0.2, 0.25) is 0 Å². The SMILES string of the molecule is C/C=C/CCC1CCC2CC(c3ccc(C(=O)Oc4ccc(C)cc4F)cc3F)CCC2C1. The van der Waals surface area contributed by atoms with Gasteiger partial charge in [-0.3, -0.25) is 0 Å². The lowest BCUT2D eigenvalue weighted by atomic mass is 9.63. The number of ether oxygens (including phenoxy) is 1. The highest BCUT2D eigenvalue weighted by Gasteiger charge is 2.36. The molecule has 0 bridgehead atoms. The van der Waals surface area contributed by atoms with Crippen molar-refractivity contribution in [1.82, 2.24) is 0 Å². The van der Waals surface area contributed by atoms with Crippen LogP contribution in [-0.2, 0) is 0 Å². The summed E-state index contributed by atoms with van der Waals surface area (Å²) in [5, 5.41) is 0. The Morgan fingerprint density at radius 2 is 1.79 bits per heavy atom. The summed E-state index contributed by atoms with van der Waals surface area (Å²) in [7, 11) is 0. The van der Waals surface area contributed by atoms with Crippen LogP contribution in [0.3, 0.4) is 0 Å². The summed E-state index contributed by atoms with van der Waals surface area (Å²) in [6.07, 6.45) is 13.9. The van der Waals surface area contributed by atoms with Crippen LogP contribution < -0.4 is 4.74 Å². The average molecular weight is 453 g/mol. The van der Waals surface area contributed by atoms with E-state index in [0.29, 0.717) is 11.5 Å². The van der Waals surface area contributed by atoms with Gasteiger partial charge < -0.3 is 4.74 Å². The van der Waals surface area contributed by atoms with Crippen molar-refractivity contribution < 1.29 is 18.3 Å². The van der Waals surface area contributed by atoms with E-state index in [1.165, 1.54) is 50.3 Å². The molecule has 4 atom stereocenters. The molecule has 2 fully saturated rings. The fourth-order valence-electron chi connectivity index (χ4n) is 5.86. The second-order valence-electron chi connectivity index (χ2n) is 9.92. The van der Waals surface area contributed by atoms with Gasteiger partial charge >= 0.3 is 5.97 Å². The van der Waals surface area contributed by atoms with Gasteiger partial charge in [0.25, 0.3) is 0 Å². The van der Waals surface area contributed by atoms with Crippen molar-refractivity contribution in [3.05, 3.63) is 76.9 Å². The first kappa shape index (κ1) is 23.7. The van der Waals surface area contributed by atoms with Gasteiger partial charge in [0.1, 0.15) is 5.82 Å². The lowest BCUT2D eigenvalue weighted by Gasteiger charge is -2.42. The maximum Gasteiger partial charge on any atom is 0.343 e. The number of hydrogen-bond acceptors (Lipinski definition) is 2. The third-order valence-electron chi connectivity index (χ3n) is 7.66. The van der Waals surface area contributed by atoms with Crippen molar-refractivity contribution in [2.75, 3.05) is 0 Å². The summed E-state index contributed by atoms with van der Waals surface area (Å²) in [6.45, 7) is 3.84. The summed E-state index contributed by atoms with van der Waals surface area (Å²) in [5.74, 6) is 0.622. The Bertz CT molecular complexity index is 1010. The van der Waals surface area contributed by atoms with Crippen LogP contribution >= 0.6 is 0 Å². The molecular weight excluding hydrogens is 418 g/mol. The Morgan fingerprint density at radius 3 is 2.55 bits per heavy atom. The highest BCUT2D eigenvalue weighted by molar-refractivity contribution is 5.91. The largest absolute Gasteiger partial charge is 0.420 e. The average Bonchev–Trinajstić information content (AvgIpc) is 2.80. The molecule has 4 rings (SSSR count). The smallest absolute Gasteiger partial charge is 0.343 e. The molecular formula is C29H34F2O2. The molecule has 4 heteroatoms. The quantitative estimate of drug-likeness (QED) is 0.251. The number of rotatable bonds is 6. The maximum atomic E-state index is 15.0. The number of halogens is 2. The summed E-state index contributed by atoms with van der Waals surface area (Å²) in [5.41, 5.74) is 1.54. The van der Waals surface area contributed by atoms with Crippen LogP contribution in [0.15, 0.2) is 48.6 Å². The Balaban J connectivity index is 1.37. The first-order chi connectivity index (χ1) is 15.9. The van der Waals surface area contributed by atoms with E-state index in [1.54, 1.807) is 25.1 Å². The first-order valence-corrected chi connectivity index (χ1v) is 12.3. The van der Waals surface area contributed by atoms with Gasteiger partial charge in [0, 0.05) is 0 Å². The van der Waals surface area contributed by atoms with Crippen molar-refractivity contribution in [1.29, 1.82) is 0 Å². The molecule has 0 N–H and O–H groups in total. The zero-order valence-electron chi connectivity index (χ0n) is 19.7. The summed E-state index contributed by atoms with van der Waals surface area (Å²) in [6, 6.07) is 8.97. The molecule has 0 heterocycles. The van der Waals surface area contributed by atoms with E-state index in [9.17, 15) is 9.18 Å². The Kier molecular flexibility index (Phi) is 7.62. The van der Waals surface area contributed by atoms with Crippen LogP contribution in [0.25, 0.3) is 0 Å². The third kappa shape index (κ3) is 5.72. The molecule has 0 spiro atoms. The van der Waals surface area contributed by atoms with Gasteiger partial charge in [0.15, 0.2) is 11.6 Å². The standard InChI is InChI=1S/C29H34F2O2/c1-3-4-5-6-20-8-9-22-17-23(11-10-21(22)16-20)25-13-12-24(18-26(25)30)29(32)33-28-14-7-19(2)15-27(28)31/h3-4,7,12-15,18,20-23H,5-6,8-11,16-17H2,1-2H3/b4-3+. The van der Waals surface area contributed by atoms with Crippen molar-refractivity contribution in [3.8, 4) is 5.75 Å². The molecule has 0 amide bonds. The summed E-state index contributed by atoms with van der Waals surface area (Å²) in [4.78, 5) is 12.4. The maximum absolute atomic E-state index is 15.0. The molecule has 4 unspecified atom stereocenters. The fraction of sp³-hybridized carbons (Fsp3) is 0.483. The number of esters is 1. The topological polar surface area (TPSA) is 26.3 Å². The highest BCUT2D eigenvalue weighted by atomic mass is 19.1. The van der Waals surface area contributed by atoms with E-state index < -0.39 is 11.8 Å². The zero-order valence-corrected chi connectivity index (χ0v) is 19.7. The molecule has 2 aromatic carbocycles. The van der Waals surface area contributed by atoms with Crippen LogP contribution in [0.1, 0.15) is 85.7 Å². The minimum atomic E-state index is -0.747. The van der Waals surface area contributed by atoms with Gasteiger partial charge in [0.05, 0.1) is 5.56 Å². The van der Waals surface area contributed by atoms with Crippen LogP contribution in [0.4, 0.5) is 8.78 Å². The summed E-state index contributed by atoms with van der Waals surface area (Å²) < 4.78 is 34.2. The molecule has 2 aliphatic carbocycles. The second kappa shape index (κ2) is 10.6. The second-order valence-corrected chi connectivity index (χ2v) is 9.92. The van der Waals surface area contributed by atoms with Crippen LogP contribution in [0.2, 0.25) is 0 Å². The van der Waals surface area contributed by atoms with Crippen LogP contribution in [0, 0.1) is 36.3 Å². The van der Waals surface area contributed by atoms with Crippen LogP contribution in [-0.4, -0.2) is 5.97 Å². The molecule has 2 aliphatic rings. The van der Waals surface area contributed by atoms with E-state index in [0.717, 1.165) is 36.7 Å². The highest BCUT2D eigenvalue weighted by Crippen LogP contribution is 2.48. The van der Waals surface area contributed by atoms with Crippen molar-refractivity contribution in [2.45, 2.75) is 71.1 Å². The van der Waals surface area contributed by atoms with Gasteiger partial charge in [-0.2, -0.15) is 0 Å². The van der Waals surface area contributed by atoms with E-state index in [2.05, 4.69) is 19.1 Å². The van der Waals surface area contributed by atoms with Gasteiger partial charge in [-0.25, -0.2) is 13.6 Å². The number of allylic oxidation sites excluding steroid dienone is 2. The third-order valence-corrected chi connectivity index (χ3v) is 7.66. The number of hydrogen-bond donors (Lipinski definition) is 0. The van der Waals surface area contributed by atoms with Crippen molar-refractivity contribution >= 4 is 5.97 Å².